The van der Waals surface area contributed by atoms with E-state index >= 15 is 0 Å². The van der Waals surface area contributed by atoms with Crippen LogP contribution in [0.1, 0.15) is 61.6 Å². The van der Waals surface area contributed by atoms with Crippen molar-refractivity contribution in [2.45, 2.75) is 67.6 Å². The minimum absolute atomic E-state index is 0.597. The smallest absolute Gasteiger partial charge is 0.0276 e. The summed E-state index contributed by atoms with van der Waals surface area (Å²) < 4.78 is 0. The summed E-state index contributed by atoms with van der Waals surface area (Å²) in [7, 11) is 0. The van der Waals surface area contributed by atoms with E-state index in [0.717, 1.165) is 6.54 Å². The van der Waals surface area contributed by atoms with E-state index in [1.165, 1.54) is 68.3 Å². The fourth-order valence-electron chi connectivity index (χ4n) is 4.27. The van der Waals surface area contributed by atoms with Gasteiger partial charge in [-0.05, 0) is 74.2 Å². The van der Waals surface area contributed by atoms with E-state index in [2.05, 4.69) is 98.3 Å². The summed E-state index contributed by atoms with van der Waals surface area (Å²) in [6.07, 6.45) is 7.40. The predicted molar refractivity (Wildman–Crippen MR) is 129 cm³/mol. The van der Waals surface area contributed by atoms with Gasteiger partial charge in [-0.15, -0.1) is 0 Å². The topological polar surface area (TPSA) is 3.24 Å². The maximum atomic E-state index is 3.84. The van der Waals surface area contributed by atoms with E-state index in [9.17, 15) is 0 Å². The molecule has 0 bridgehead atoms. The molecule has 0 saturated heterocycles. The second-order valence-electron chi connectivity index (χ2n) is 8.15. The molecule has 3 unspecified atom stereocenters. The van der Waals surface area contributed by atoms with Gasteiger partial charge in [-0.25, -0.2) is 0 Å². The van der Waals surface area contributed by atoms with E-state index in [4.69, 9.17) is 0 Å². The molecule has 1 aliphatic carbocycles. The van der Waals surface area contributed by atoms with Crippen molar-refractivity contribution in [3.05, 3.63) is 71.3 Å². The molecule has 0 spiro atoms. The minimum Gasteiger partial charge on any atom is -0.299 e. The van der Waals surface area contributed by atoms with Gasteiger partial charge in [-0.2, -0.15) is 0 Å². The van der Waals surface area contributed by atoms with Crippen molar-refractivity contribution >= 4 is 31.9 Å². The van der Waals surface area contributed by atoms with E-state index in [1.54, 1.807) is 0 Å². The first-order valence-electron chi connectivity index (χ1n) is 10.8. The molecule has 1 fully saturated rings. The molecule has 0 N–H and O–H groups in total. The third-order valence-electron chi connectivity index (χ3n) is 5.87. The Morgan fingerprint density at radius 2 is 1.61 bits per heavy atom. The molecular formula is C25H33Br2N. The number of aryl methyl sites for hydroxylation is 1. The number of alkyl halides is 2. The lowest BCUT2D eigenvalue weighted by atomic mass is 9.83. The standard InChI is InChI=1S/C25H33Br2N/c1-2-16-28(19-21-7-4-3-5-8-21)17-6-9-20-10-12-22(13-11-20)23-14-15-24(26)25(27)18-23/h3-5,7-8,10-13,23-25H,2,6,9,14-19H2,1H3. The fourth-order valence-corrected chi connectivity index (χ4v) is 5.47. The zero-order valence-corrected chi connectivity index (χ0v) is 20.2. The van der Waals surface area contributed by atoms with E-state index in [-0.39, 0.29) is 0 Å². The van der Waals surface area contributed by atoms with Gasteiger partial charge in [0.25, 0.3) is 0 Å². The second-order valence-corrected chi connectivity index (χ2v) is 10.5. The first-order chi connectivity index (χ1) is 13.7. The molecule has 28 heavy (non-hydrogen) atoms. The highest BCUT2D eigenvalue weighted by atomic mass is 79.9. The molecule has 1 aliphatic rings. The van der Waals surface area contributed by atoms with Crippen molar-refractivity contribution in [2.75, 3.05) is 13.1 Å². The van der Waals surface area contributed by atoms with Crippen LogP contribution in [0.5, 0.6) is 0 Å². The average molecular weight is 507 g/mol. The summed E-state index contributed by atoms with van der Waals surface area (Å²) in [5.41, 5.74) is 4.41. The molecule has 0 aliphatic heterocycles. The van der Waals surface area contributed by atoms with Gasteiger partial charge in [0.05, 0.1) is 0 Å². The molecule has 0 amide bonds. The Balaban J connectivity index is 1.47. The van der Waals surface area contributed by atoms with Crippen LogP contribution >= 0.6 is 31.9 Å². The van der Waals surface area contributed by atoms with Crippen LogP contribution in [0.3, 0.4) is 0 Å². The molecular weight excluding hydrogens is 474 g/mol. The molecule has 3 heteroatoms. The number of rotatable bonds is 9. The van der Waals surface area contributed by atoms with Crippen molar-refractivity contribution in [1.82, 2.24) is 4.90 Å². The molecule has 3 rings (SSSR count). The average Bonchev–Trinajstić information content (AvgIpc) is 2.71. The summed E-state index contributed by atoms with van der Waals surface area (Å²) in [4.78, 5) is 3.82. The third kappa shape index (κ3) is 6.71. The molecule has 0 radical (unpaired) electrons. The fraction of sp³-hybridized carbons (Fsp3) is 0.520. The van der Waals surface area contributed by atoms with Crippen molar-refractivity contribution in [3.63, 3.8) is 0 Å². The highest BCUT2D eigenvalue weighted by Gasteiger charge is 2.27. The first kappa shape index (κ1) is 22.1. The second kappa shape index (κ2) is 11.5. The van der Waals surface area contributed by atoms with Gasteiger partial charge in [0.15, 0.2) is 0 Å². The van der Waals surface area contributed by atoms with Crippen LogP contribution in [0.2, 0.25) is 0 Å². The summed E-state index contributed by atoms with van der Waals surface area (Å²) >= 11 is 7.62. The summed E-state index contributed by atoms with van der Waals surface area (Å²) in [6.45, 7) is 5.69. The lowest BCUT2D eigenvalue weighted by molar-refractivity contribution is 0.262. The van der Waals surface area contributed by atoms with Crippen LogP contribution in [0.25, 0.3) is 0 Å². The highest BCUT2D eigenvalue weighted by Crippen LogP contribution is 2.39. The van der Waals surface area contributed by atoms with Gasteiger partial charge in [0, 0.05) is 16.2 Å². The first-order valence-corrected chi connectivity index (χ1v) is 12.6. The quantitative estimate of drug-likeness (QED) is 0.322. The molecule has 3 atom stereocenters. The Labute approximate surface area is 188 Å². The Morgan fingerprint density at radius 1 is 0.857 bits per heavy atom. The Bertz CT molecular complexity index is 685. The third-order valence-corrected chi connectivity index (χ3v) is 8.69. The number of nitrogens with zero attached hydrogens (tertiary/aromatic N) is 1. The number of benzene rings is 2. The Morgan fingerprint density at radius 3 is 2.29 bits per heavy atom. The van der Waals surface area contributed by atoms with E-state index in [1.807, 2.05) is 0 Å². The normalized spacial score (nSPS) is 22.5. The monoisotopic (exact) mass is 505 g/mol. The van der Waals surface area contributed by atoms with Crippen LogP contribution < -0.4 is 0 Å². The summed E-state index contributed by atoms with van der Waals surface area (Å²) in [6, 6.07) is 20.3. The van der Waals surface area contributed by atoms with Gasteiger partial charge in [0.1, 0.15) is 0 Å². The van der Waals surface area contributed by atoms with Crippen LogP contribution in [-0.4, -0.2) is 27.6 Å². The number of hydrogen-bond donors (Lipinski definition) is 0. The van der Waals surface area contributed by atoms with Crippen molar-refractivity contribution in [1.29, 1.82) is 0 Å². The molecule has 152 valence electrons. The zero-order valence-electron chi connectivity index (χ0n) is 17.0. The van der Waals surface area contributed by atoms with Crippen molar-refractivity contribution < 1.29 is 0 Å². The number of halogens is 2. The zero-order chi connectivity index (χ0) is 19.8. The van der Waals surface area contributed by atoms with Crippen LogP contribution in [0, 0.1) is 0 Å². The van der Waals surface area contributed by atoms with Crippen LogP contribution in [-0.2, 0) is 13.0 Å². The lowest BCUT2D eigenvalue weighted by Gasteiger charge is -2.30. The van der Waals surface area contributed by atoms with Gasteiger partial charge < -0.3 is 0 Å². The predicted octanol–water partition coefficient (Wildman–Crippen LogP) is 7.33. The molecule has 1 nitrogen and oxygen atoms in total. The largest absolute Gasteiger partial charge is 0.299 e. The van der Waals surface area contributed by atoms with Crippen LogP contribution in [0.4, 0.5) is 0 Å². The van der Waals surface area contributed by atoms with Gasteiger partial charge in [0.2, 0.25) is 0 Å². The number of hydrogen-bond acceptors (Lipinski definition) is 1. The van der Waals surface area contributed by atoms with Gasteiger partial charge in [-0.3, -0.25) is 4.90 Å². The maximum Gasteiger partial charge on any atom is 0.0276 e. The minimum atomic E-state index is 0.597. The van der Waals surface area contributed by atoms with E-state index in [0.29, 0.717) is 15.6 Å². The SMILES string of the molecule is CCCN(CCCc1ccc(C2CCC(Br)C(Br)C2)cc1)Cc1ccccc1. The summed E-state index contributed by atoms with van der Waals surface area (Å²) in [5, 5.41) is 0. The molecule has 2 aromatic rings. The van der Waals surface area contributed by atoms with Gasteiger partial charge in [-0.1, -0.05) is 93.4 Å². The molecule has 0 aromatic heterocycles. The maximum absolute atomic E-state index is 3.84. The van der Waals surface area contributed by atoms with Gasteiger partial charge >= 0.3 is 0 Å². The van der Waals surface area contributed by atoms with Crippen molar-refractivity contribution in [2.24, 2.45) is 0 Å². The summed E-state index contributed by atoms with van der Waals surface area (Å²) in [5.74, 6) is 0.707. The Hall–Kier alpha value is -0.640. The molecule has 0 heterocycles. The molecule has 1 saturated carbocycles. The van der Waals surface area contributed by atoms with Crippen LogP contribution in [0.15, 0.2) is 54.6 Å². The lowest BCUT2D eigenvalue weighted by Crippen LogP contribution is -2.25. The van der Waals surface area contributed by atoms with E-state index < -0.39 is 0 Å². The molecule has 2 aromatic carbocycles. The Kier molecular flexibility index (Phi) is 9.07. The highest BCUT2D eigenvalue weighted by molar-refractivity contribution is 9.12. The van der Waals surface area contributed by atoms with Crippen molar-refractivity contribution in [3.8, 4) is 0 Å².